The standard InChI is InChI=1S/C29H36N2O9/c1-18(2)24(16-26(33)40-29(4,5)6)27(34)30-19(3)25(32)15-20-7-9-21(10-8-20)17-38-28(35)39-23-13-11-22(12-14-23)31(36)37/h7-14,18-19,24H,15-17H2,1-6H3,(H,30,34)/t19-,24-/m0/s1. The third kappa shape index (κ3) is 10.8. The zero-order valence-electron chi connectivity index (χ0n) is 23.6. The van der Waals surface area contributed by atoms with Gasteiger partial charge in [-0.15, -0.1) is 0 Å². The Balaban J connectivity index is 1.84. The van der Waals surface area contributed by atoms with Crippen LogP contribution >= 0.6 is 0 Å². The molecule has 40 heavy (non-hydrogen) atoms. The molecule has 0 radical (unpaired) electrons. The van der Waals surface area contributed by atoms with Gasteiger partial charge in [0.2, 0.25) is 5.91 Å². The fourth-order valence-electron chi connectivity index (χ4n) is 3.61. The first-order valence-electron chi connectivity index (χ1n) is 12.9. The first kappa shape index (κ1) is 31.9. The molecular weight excluding hydrogens is 520 g/mol. The number of rotatable bonds is 12. The average molecular weight is 557 g/mol. The van der Waals surface area contributed by atoms with E-state index in [1.54, 1.807) is 52.0 Å². The summed E-state index contributed by atoms with van der Waals surface area (Å²) >= 11 is 0. The molecule has 0 saturated heterocycles. The number of hydrogen-bond acceptors (Lipinski definition) is 9. The van der Waals surface area contributed by atoms with Crippen molar-refractivity contribution in [2.24, 2.45) is 11.8 Å². The molecule has 1 amide bonds. The topological polar surface area (TPSA) is 151 Å². The first-order valence-corrected chi connectivity index (χ1v) is 12.9. The van der Waals surface area contributed by atoms with Crippen molar-refractivity contribution in [1.29, 1.82) is 0 Å². The molecule has 2 aromatic rings. The van der Waals surface area contributed by atoms with Gasteiger partial charge in [0, 0.05) is 18.6 Å². The summed E-state index contributed by atoms with van der Waals surface area (Å²) in [5, 5.41) is 13.4. The number of nitrogens with zero attached hydrogens (tertiary/aromatic N) is 1. The van der Waals surface area contributed by atoms with Gasteiger partial charge in [-0.3, -0.25) is 24.5 Å². The quantitative estimate of drug-likeness (QED) is 0.166. The monoisotopic (exact) mass is 556 g/mol. The maximum atomic E-state index is 12.8. The van der Waals surface area contributed by atoms with Crippen molar-refractivity contribution in [2.75, 3.05) is 0 Å². The largest absolute Gasteiger partial charge is 0.514 e. The number of Topliss-reactive ketones (excluding diaryl/α,β-unsaturated/α-hetero) is 1. The normalized spacial score (nSPS) is 12.7. The summed E-state index contributed by atoms with van der Waals surface area (Å²) in [6, 6.07) is 11.1. The van der Waals surface area contributed by atoms with E-state index in [1.807, 2.05) is 13.8 Å². The molecule has 0 aliphatic carbocycles. The Morgan fingerprint density at radius 3 is 2.02 bits per heavy atom. The zero-order valence-corrected chi connectivity index (χ0v) is 23.6. The lowest BCUT2D eigenvalue weighted by atomic mass is 9.91. The number of hydrogen-bond donors (Lipinski definition) is 1. The number of nitrogens with one attached hydrogen (secondary N) is 1. The van der Waals surface area contributed by atoms with E-state index in [-0.39, 0.29) is 48.5 Å². The molecule has 0 bridgehead atoms. The van der Waals surface area contributed by atoms with Gasteiger partial charge < -0.3 is 19.5 Å². The number of ether oxygens (including phenoxy) is 3. The van der Waals surface area contributed by atoms with Crippen LogP contribution in [0.5, 0.6) is 5.75 Å². The van der Waals surface area contributed by atoms with Crippen LogP contribution in [0.2, 0.25) is 0 Å². The third-order valence-electron chi connectivity index (χ3n) is 5.80. The summed E-state index contributed by atoms with van der Waals surface area (Å²) < 4.78 is 15.4. The van der Waals surface area contributed by atoms with E-state index in [1.165, 1.54) is 24.3 Å². The molecule has 1 N–H and O–H groups in total. The van der Waals surface area contributed by atoms with Gasteiger partial charge in [0.05, 0.1) is 23.3 Å². The predicted molar refractivity (Wildman–Crippen MR) is 145 cm³/mol. The Labute approximate surface area is 233 Å². The maximum absolute atomic E-state index is 12.8. The molecule has 0 spiro atoms. The number of esters is 1. The number of ketones is 1. The molecule has 0 aliphatic heterocycles. The summed E-state index contributed by atoms with van der Waals surface area (Å²) in [4.78, 5) is 59.9. The predicted octanol–water partition coefficient (Wildman–Crippen LogP) is 4.93. The number of carbonyl (C=O) groups is 4. The van der Waals surface area contributed by atoms with Crippen molar-refractivity contribution in [1.82, 2.24) is 5.32 Å². The highest BCUT2D eigenvalue weighted by Gasteiger charge is 2.29. The Morgan fingerprint density at radius 1 is 0.925 bits per heavy atom. The number of nitro benzene ring substituents is 1. The Morgan fingerprint density at radius 2 is 1.50 bits per heavy atom. The fourth-order valence-corrected chi connectivity index (χ4v) is 3.61. The van der Waals surface area contributed by atoms with E-state index in [2.05, 4.69) is 5.32 Å². The second-order valence-electron chi connectivity index (χ2n) is 10.7. The molecule has 0 aromatic heterocycles. The van der Waals surface area contributed by atoms with E-state index in [0.29, 0.717) is 11.1 Å². The second-order valence-corrected chi connectivity index (χ2v) is 10.7. The van der Waals surface area contributed by atoms with Crippen molar-refractivity contribution in [3.8, 4) is 5.75 Å². The number of non-ortho nitro benzene ring substituents is 1. The van der Waals surface area contributed by atoms with Crippen molar-refractivity contribution in [2.45, 2.75) is 72.6 Å². The minimum absolute atomic E-state index is 0.0726. The lowest BCUT2D eigenvalue weighted by Gasteiger charge is -2.25. The van der Waals surface area contributed by atoms with E-state index in [4.69, 9.17) is 14.2 Å². The summed E-state index contributed by atoms with van der Waals surface area (Å²) in [7, 11) is 0. The molecule has 2 atom stereocenters. The van der Waals surface area contributed by atoms with Crippen LogP contribution in [-0.4, -0.2) is 40.4 Å². The average Bonchev–Trinajstić information content (AvgIpc) is 2.85. The minimum Gasteiger partial charge on any atom is -0.460 e. The van der Waals surface area contributed by atoms with Gasteiger partial charge in [0.25, 0.3) is 5.69 Å². The summed E-state index contributed by atoms with van der Waals surface area (Å²) in [6.45, 7) is 10.5. The second kappa shape index (κ2) is 14.2. The third-order valence-corrected chi connectivity index (χ3v) is 5.80. The number of carbonyl (C=O) groups excluding carboxylic acids is 4. The van der Waals surface area contributed by atoms with Gasteiger partial charge in [-0.25, -0.2) is 4.79 Å². The van der Waals surface area contributed by atoms with E-state index in [0.717, 1.165) is 0 Å². The van der Waals surface area contributed by atoms with Crippen LogP contribution in [0.1, 0.15) is 59.1 Å². The molecule has 216 valence electrons. The molecule has 0 saturated carbocycles. The van der Waals surface area contributed by atoms with Gasteiger partial charge in [-0.05, 0) is 56.9 Å². The van der Waals surface area contributed by atoms with Crippen LogP contribution in [0.15, 0.2) is 48.5 Å². The Hall–Kier alpha value is -4.28. The molecule has 2 aromatic carbocycles. The lowest BCUT2D eigenvalue weighted by Crippen LogP contribution is -2.44. The van der Waals surface area contributed by atoms with Crippen molar-refractivity contribution in [3.05, 3.63) is 69.8 Å². The molecule has 0 heterocycles. The molecule has 2 rings (SSSR count). The molecular formula is C29H36N2O9. The SMILES string of the molecule is CC(C)[C@H](CC(=O)OC(C)(C)C)C(=O)N[C@@H](C)C(=O)Cc1ccc(COC(=O)Oc2ccc([N+](=O)[O-])cc2)cc1. The zero-order chi connectivity index (χ0) is 30.0. The number of nitro groups is 1. The van der Waals surface area contributed by atoms with Crippen LogP contribution in [0.25, 0.3) is 0 Å². The van der Waals surface area contributed by atoms with Crippen molar-refractivity contribution < 1.29 is 38.3 Å². The molecule has 0 fully saturated rings. The smallest absolute Gasteiger partial charge is 0.460 e. The number of benzene rings is 2. The lowest BCUT2D eigenvalue weighted by molar-refractivity contribution is -0.384. The van der Waals surface area contributed by atoms with Gasteiger partial charge in [-0.2, -0.15) is 0 Å². The van der Waals surface area contributed by atoms with Crippen molar-refractivity contribution >= 4 is 29.5 Å². The fraction of sp³-hybridized carbons (Fsp3) is 0.448. The minimum atomic E-state index is -0.968. The molecule has 0 unspecified atom stereocenters. The van der Waals surface area contributed by atoms with Gasteiger partial charge in [0.1, 0.15) is 18.0 Å². The van der Waals surface area contributed by atoms with Crippen LogP contribution in [-0.2, 0) is 36.9 Å². The van der Waals surface area contributed by atoms with Gasteiger partial charge in [0.15, 0.2) is 5.78 Å². The van der Waals surface area contributed by atoms with Gasteiger partial charge >= 0.3 is 12.1 Å². The molecule has 0 aliphatic rings. The highest BCUT2D eigenvalue weighted by molar-refractivity contribution is 5.91. The summed E-state index contributed by atoms with van der Waals surface area (Å²) in [5.74, 6) is -1.70. The highest BCUT2D eigenvalue weighted by atomic mass is 16.7. The van der Waals surface area contributed by atoms with Crippen LogP contribution in [0.4, 0.5) is 10.5 Å². The molecule has 11 heteroatoms. The van der Waals surface area contributed by atoms with Crippen LogP contribution in [0, 0.1) is 22.0 Å². The Bertz CT molecular complexity index is 1200. The van der Waals surface area contributed by atoms with Gasteiger partial charge in [-0.1, -0.05) is 38.1 Å². The van der Waals surface area contributed by atoms with Crippen LogP contribution < -0.4 is 10.1 Å². The summed E-state index contributed by atoms with van der Waals surface area (Å²) in [5.41, 5.74) is 0.574. The first-order chi connectivity index (χ1) is 18.6. The van der Waals surface area contributed by atoms with Crippen molar-refractivity contribution in [3.63, 3.8) is 0 Å². The Kier molecular flexibility index (Phi) is 11.3. The van der Waals surface area contributed by atoms with E-state index >= 15 is 0 Å². The van der Waals surface area contributed by atoms with E-state index in [9.17, 15) is 29.3 Å². The highest BCUT2D eigenvalue weighted by Crippen LogP contribution is 2.20. The van der Waals surface area contributed by atoms with Crippen LogP contribution in [0.3, 0.4) is 0 Å². The maximum Gasteiger partial charge on any atom is 0.514 e. The number of amides is 1. The summed E-state index contributed by atoms with van der Waals surface area (Å²) in [6.07, 6.45) is -0.973. The van der Waals surface area contributed by atoms with E-state index < -0.39 is 34.6 Å². The molecule has 11 nitrogen and oxygen atoms in total.